The smallest absolute Gasteiger partial charge is 0.408 e. The molecule has 0 bridgehead atoms. The van der Waals surface area contributed by atoms with Crippen molar-refractivity contribution in [2.24, 2.45) is 0 Å². The second-order valence-electron chi connectivity index (χ2n) is 6.09. The lowest BCUT2D eigenvalue weighted by atomic mass is 9.99. The Balaban J connectivity index is 2.96. The summed E-state index contributed by atoms with van der Waals surface area (Å²) in [7, 11) is 0. The fourth-order valence-electron chi connectivity index (χ4n) is 2.09. The number of carbonyl (C=O) groups excluding carboxylic acids is 2. The first kappa shape index (κ1) is 18.0. The minimum atomic E-state index is -0.589. The number of ether oxygens (including phenoxy) is 2. The number of esters is 1. The van der Waals surface area contributed by atoms with Gasteiger partial charge < -0.3 is 14.8 Å². The van der Waals surface area contributed by atoms with Gasteiger partial charge in [0.1, 0.15) is 11.7 Å². The Labute approximate surface area is 132 Å². The predicted molar refractivity (Wildman–Crippen MR) is 84.4 cm³/mol. The van der Waals surface area contributed by atoms with Crippen LogP contribution in [0.1, 0.15) is 52.6 Å². The molecule has 0 saturated heterocycles. The van der Waals surface area contributed by atoms with Crippen molar-refractivity contribution in [3.05, 3.63) is 35.9 Å². The number of amides is 1. The van der Waals surface area contributed by atoms with Crippen molar-refractivity contribution >= 4 is 12.1 Å². The average Bonchev–Trinajstić information content (AvgIpc) is 2.41. The van der Waals surface area contributed by atoms with Crippen LogP contribution in [0.15, 0.2) is 30.3 Å². The average molecular weight is 307 g/mol. The number of carbonyl (C=O) groups is 2. The first-order chi connectivity index (χ1) is 10.2. The van der Waals surface area contributed by atoms with Crippen molar-refractivity contribution < 1.29 is 19.1 Å². The van der Waals surface area contributed by atoms with Gasteiger partial charge in [-0.3, -0.25) is 4.79 Å². The minimum Gasteiger partial charge on any atom is -0.460 e. The highest BCUT2D eigenvalue weighted by Crippen LogP contribution is 2.22. The van der Waals surface area contributed by atoms with E-state index in [0.29, 0.717) is 6.42 Å². The Hall–Kier alpha value is -2.04. The highest BCUT2D eigenvalue weighted by molar-refractivity contribution is 5.69. The van der Waals surface area contributed by atoms with E-state index < -0.39 is 23.8 Å². The molecule has 0 heterocycles. The van der Waals surface area contributed by atoms with E-state index in [-0.39, 0.29) is 5.97 Å². The summed E-state index contributed by atoms with van der Waals surface area (Å²) >= 11 is 0. The number of hydrogen-bond acceptors (Lipinski definition) is 4. The Morgan fingerprint density at radius 1 is 1.18 bits per heavy atom. The molecule has 1 N–H and O–H groups in total. The maximum Gasteiger partial charge on any atom is 0.408 e. The molecule has 5 heteroatoms. The molecule has 0 aliphatic carbocycles. The number of benzene rings is 1. The van der Waals surface area contributed by atoms with Crippen LogP contribution in [0, 0.1) is 0 Å². The third kappa shape index (κ3) is 6.16. The van der Waals surface area contributed by atoms with Crippen molar-refractivity contribution in [2.75, 3.05) is 0 Å². The van der Waals surface area contributed by atoms with E-state index >= 15 is 0 Å². The maximum absolute atomic E-state index is 12.1. The van der Waals surface area contributed by atoms with Gasteiger partial charge in [-0.05, 0) is 32.8 Å². The Bertz CT molecular complexity index is 493. The molecule has 0 aliphatic heterocycles. The molecule has 22 heavy (non-hydrogen) atoms. The van der Waals surface area contributed by atoms with E-state index in [4.69, 9.17) is 9.47 Å². The normalized spacial score (nSPS) is 13.9. The summed E-state index contributed by atoms with van der Waals surface area (Å²) in [4.78, 5) is 23.4. The molecule has 0 spiro atoms. The minimum absolute atomic E-state index is 0.376. The molecule has 122 valence electrons. The largest absolute Gasteiger partial charge is 0.460 e. The zero-order valence-corrected chi connectivity index (χ0v) is 13.9. The van der Waals surface area contributed by atoms with Gasteiger partial charge in [0.2, 0.25) is 0 Å². The third-order valence-corrected chi connectivity index (χ3v) is 2.92. The van der Waals surface area contributed by atoms with E-state index in [0.717, 1.165) is 5.56 Å². The first-order valence-electron chi connectivity index (χ1n) is 7.44. The summed E-state index contributed by atoms with van der Waals surface area (Å²) in [5.74, 6) is -0.376. The standard InChI is InChI=1S/C17H25NO4/c1-6-14(21-12(2)19)15(13-10-8-7-9-11-13)18-16(20)22-17(3,4)5/h7-11,14-15H,6H2,1-5H3,(H,18,20)/t14-,15-/m1/s1. The monoisotopic (exact) mass is 307 g/mol. The lowest BCUT2D eigenvalue weighted by Gasteiger charge is -2.28. The molecule has 0 radical (unpaired) electrons. The van der Waals surface area contributed by atoms with Crippen LogP contribution in [0.5, 0.6) is 0 Å². The molecule has 2 atom stereocenters. The Kier molecular flexibility index (Phi) is 6.40. The quantitative estimate of drug-likeness (QED) is 0.844. The topological polar surface area (TPSA) is 64.6 Å². The fraction of sp³-hybridized carbons (Fsp3) is 0.529. The molecule has 1 aromatic rings. The molecule has 0 aromatic heterocycles. The highest BCUT2D eigenvalue weighted by Gasteiger charge is 2.28. The predicted octanol–water partition coefficient (Wildman–Crippen LogP) is 3.59. The molecule has 1 amide bonds. The van der Waals surface area contributed by atoms with Crippen LogP contribution in [0.2, 0.25) is 0 Å². The summed E-state index contributed by atoms with van der Waals surface area (Å²) in [6.45, 7) is 8.66. The third-order valence-electron chi connectivity index (χ3n) is 2.92. The summed E-state index contributed by atoms with van der Waals surface area (Å²) in [6, 6.07) is 8.95. The van der Waals surface area contributed by atoms with E-state index in [1.165, 1.54) is 6.92 Å². The van der Waals surface area contributed by atoms with E-state index in [2.05, 4.69) is 5.32 Å². The van der Waals surface area contributed by atoms with Gasteiger partial charge in [0, 0.05) is 6.92 Å². The van der Waals surface area contributed by atoms with Crippen LogP contribution in [0.25, 0.3) is 0 Å². The van der Waals surface area contributed by atoms with Gasteiger partial charge in [0.25, 0.3) is 0 Å². The van der Waals surface area contributed by atoms with Crippen LogP contribution in [-0.4, -0.2) is 23.8 Å². The van der Waals surface area contributed by atoms with E-state index in [1.807, 2.05) is 37.3 Å². The Morgan fingerprint density at radius 2 is 1.77 bits per heavy atom. The zero-order valence-electron chi connectivity index (χ0n) is 13.9. The van der Waals surface area contributed by atoms with Gasteiger partial charge in [0.05, 0.1) is 6.04 Å². The van der Waals surface area contributed by atoms with Gasteiger partial charge in [-0.25, -0.2) is 4.79 Å². The van der Waals surface area contributed by atoms with Gasteiger partial charge in [-0.2, -0.15) is 0 Å². The fourth-order valence-corrected chi connectivity index (χ4v) is 2.09. The van der Waals surface area contributed by atoms with Crippen LogP contribution in [0.3, 0.4) is 0 Å². The second-order valence-corrected chi connectivity index (χ2v) is 6.09. The van der Waals surface area contributed by atoms with Crippen molar-refractivity contribution in [3.63, 3.8) is 0 Å². The second kappa shape index (κ2) is 7.82. The first-order valence-corrected chi connectivity index (χ1v) is 7.44. The van der Waals surface area contributed by atoms with Crippen molar-refractivity contribution in [1.29, 1.82) is 0 Å². The van der Waals surface area contributed by atoms with E-state index in [1.54, 1.807) is 20.8 Å². The highest BCUT2D eigenvalue weighted by atomic mass is 16.6. The maximum atomic E-state index is 12.1. The lowest BCUT2D eigenvalue weighted by Crippen LogP contribution is -2.41. The summed E-state index contributed by atoms with van der Waals surface area (Å²) < 4.78 is 10.6. The molecule has 0 aliphatic rings. The number of rotatable bonds is 5. The van der Waals surface area contributed by atoms with Gasteiger partial charge in [0.15, 0.2) is 0 Å². The summed E-state index contributed by atoms with van der Waals surface area (Å²) in [5, 5.41) is 2.81. The van der Waals surface area contributed by atoms with E-state index in [9.17, 15) is 9.59 Å². The number of alkyl carbamates (subject to hydrolysis) is 1. The van der Waals surface area contributed by atoms with Gasteiger partial charge in [-0.15, -0.1) is 0 Å². The molecule has 1 rings (SSSR count). The van der Waals surface area contributed by atoms with Crippen LogP contribution in [-0.2, 0) is 14.3 Å². The van der Waals surface area contributed by atoms with Crippen molar-refractivity contribution in [2.45, 2.75) is 58.8 Å². The molecular weight excluding hydrogens is 282 g/mol. The Morgan fingerprint density at radius 3 is 2.23 bits per heavy atom. The molecule has 0 saturated carbocycles. The van der Waals surface area contributed by atoms with Crippen LogP contribution < -0.4 is 5.32 Å². The van der Waals surface area contributed by atoms with Crippen LogP contribution >= 0.6 is 0 Å². The molecule has 0 unspecified atom stereocenters. The molecule has 1 aromatic carbocycles. The van der Waals surface area contributed by atoms with Crippen LogP contribution in [0.4, 0.5) is 4.79 Å². The summed E-state index contributed by atoms with van der Waals surface area (Å²) in [6.07, 6.45) is -0.408. The summed E-state index contributed by atoms with van der Waals surface area (Å²) in [5.41, 5.74) is 0.274. The van der Waals surface area contributed by atoms with Crippen molar-refractivity contribution in [3.8, 4) is 0 Å². The lowest BCUT2D eigenvalue weighted by molar-refractivity contribution is -0.148. The number of nitrogens with one attached hydrogen (secondary N) is 1. The zero-order chi connectivity index (χ0) is 16.8. The molecular formula is C17H25NO4. The SMILES string of the molecule is CC[C@@H](OC(C)=O)[C@H](NC(=O)OC(C)(C)C)c1ccccc1. The molecule has 5 nitrogen and oxygen atoms in total. The van der Waals surface area contributed by atoms with Gasteiger partial charge in [-0.1, -0.05) is 37.3 Å². The van der Waals surface area contributed by atoms with Crippen molar-refractivity contribution in [1.82, 2.24) is 5.32 Å². The number of hydrogen-bond donors (Lipinski definition) is 1. The van der Waals surface area contributed by atoms with Gasteiger partial charge >= 0.3 is 12.1 Å². The molecule has 0 fully saturated rings.